The summed E-state index contributed by atoms with van der Waals surface area (Å²) in [7, 11) is 0. The summed E-state index contributed by atoms with van der Waals surface area (Å²) in [5.74, 6) is 0.822. The fourth-order valence-electron chi connectivity index (χ4n) is 2.75. The van der Waals surface area contributed by atoms with Gasteiger partial charge in [-0.05, 0) is 31.0 Å². The van der Waals surface area contributed by atoms with Gasteiger partial charge in [-0.15, -0.1) is 0 Å². The van der Waals surface area contributed by atoms with Gasteiger partial charge >= 0.3 is 0 Å². The minimum absolute atomic E-state index is 0.159. The first kappa shape index (κ1) is 17.8. The highest BCUT2D eigenvalue weighted by Crippen LogP contribution is 2.27. The minimum atomic E-state index is 0.159. The molecule has 1 aliphatic heterocycles. The van der Waals surface area contributed by atoms with E-state index in [1.165, 1.54) is 0 Å². The smallest absolute Gasteiger partial charge is 0.234 e. The molecule has 0 radical (unpaired) electrons. The van der Waals surface area contributed by atoms with Crippen molar-refractivity contribution in [2.24, 2.45) is 0 Å². The van der Waals surface area contributed by atoms with Crippen LogP contribution in [0.1, 0.15) is 12.8 Å². The van der Waals surface area contributed by atoms with Crippen molar-refractivity contribution in [2.45, 2.75) is 18.9 Å². The Hall–Kier alpha value is -1.01. The molecule has 0 bridgehead atoms. The molecule has 2 fully saturated rings. The first-order chi connectivity index (χ1) is 11.6. The molecule has 132 valence electrons. The number of piperazine rings is 1. The van der Waals surface area contributed by atoms with Gasteiger partial charge in [-0.2, -0.15) is 0 Å². The quantitative estimate of drug-likeness (QED) is 0.798. The summed E-state index contributed by atoms with van der Waals surface area (Å²) < 4.78 is 5.73. The molecular formula is C17H23Cl2N3O2. The number of ether oxygens (including phenoxy) is 1. The third-order valence-electron chi connectivity index (χ3n) is 4.33. The largest absolute Gasteiger partial charge is 0.491 e. The average molecular weight is 372 g/mol. The summed E-state index contributed by atoms with van der Waals surface area (Å²) in [6.07, 6.45) is 2.27. The predicted octanol–water partition coefficient (Wildman–Crippen LogP) is 2.27. The molecule has 0 unspecified atom stereocenters. The second kappa shape index (κ2) is 8.39. The van der Waals surface area contributed by atoms with Crippen LogP contribution >= 0.6 is 23.2 Å². The van der Waals surface area contributed by atoms with E-state index in [0.29, 0.717) is 35.0 Å². The molecule has 0 spiro atoms. The minimum Gasteiger partial charge on any atom is -0.491 e. The second-order valence-electron chi connectivity index (χ2n) is 6.38. The summed E-state index contributed by atoms with van der Waals surface area (Å²) in [6.45, 7) is 5.69. The van der Waals surface area contributed by atoms with Gasteiger partial charge in [-0.25, -0.2) is 0 Å². The number of nitrogens with one attached hydrogen (secondary N) is 1. The fraction of sp³-hybridized carbons (Fsp3) is 0.588. The highest BCUT2D eigenvalue weighted by Gasteiger charge is 2.25. The molecule has 24 heavy (non-hydrogen) atoms. The topological polar surface area (TPSA) is 44.8 Å². The van der Waals surface area contributed by atoms with E-state index in [1.54, 1.807) is 18.2 Å². The molecule has 3 rings (SSSR count). The molecule has 5 nitrogen and oxygen atoms in total. The lowest BCUT2D eigenvalue weighted by atomic mass is 10.3. The number of amides is 1. The van der Waals surface area contributed by atoms with Gasteiger partial charge in [0, 0.05) is 43.8 Å². The van der Waals surface area contributed by atoms with Gasteiger partial charge in [0.2, 0.25) is 5.91 Å². The summed E-state index contributed by atoms with van der Waals surface area (Å²) in [6, 6.07) is 5.69. The van der Waals surface area contributed by atoms with Crippen molar-refractivity contribution in [2.75, 3.05) is 45.9 Å². The van der Waals surface area contributed by atoms with Crippen molar-refractivity contribution in [3.8, 4) is 5.75 Å². The zero-order chi connectivity index (χ0) is 16.9. The lowest BCUT2D eigenvalue weighted by molar-refractivity contribution is -0.122. The molecular weight excluding hydrogens is 349 g/mol. The van der Waals surface area contributed by atoms with Crippen LogP contribution in [0.3, 0.4) is 0 Å². The molecule has 1 saturated carbocycles. The number of hydrogen-bond donors (Lipinski definition) is 1. The van der Waals surface area contributed by atoms with Crippen LogP contribution in [0.25, 0.3) is 0 Å². The lowest BCUT2D eigenvalue weighted by Gasteiger charge is -2.34. The fourth-order valence-corrected chi connectivity index (χ4v) is 3.22. The van der Waals surface area contributed by atoms with E-state index < -0.39 is 0 Å². The molecule has 1 N–H and O–H groups in total. The second-order valence-corrected chi connectivity index (χ2v) is 7.23. The Morgan fingerprint density at radius 2 is 1.88 bits per heavy atom. The van der Waals surface area contributed by atoms with Crippen molar-refractivity contribution in [1.82, 2.24) is 15.1 Å². The SMILES string of the molecule is O=C(CN1CCN(CCOc2ccc(Cl)cc2Cl)CC1)NC1CC1. The molecule has 2 aliphatic rings. The van der Waals surface area contributed by atoms with Crippen molar-refractivity contribution >= 4 is 29.1 Å². The van der Waals surface area contributed by atoms with E-state index in [-0.39, 0.29) is 5.91 Å². The normalized spacial score (nSPS) is 19.2. The Morgan fingerprint density at radius 1 is 1.17 bits per heavy atom. The van der Waals surface area contributed by atoms with Crippen LogP contribution in [-0.2, 0) is 4.79 Å². The average Bonchev–Trinajstić information content (AvgIpc) is 3.35. The molecule has 1 aromatic rings. The maximum absolute atomic E-state index is 11.8. The first-order valence-corrected chi connectivity index (χ1v) is 9.17. The van der Waals surface area contributed by atoms with Crippen LogP contribution in [0.2, 0.25) is 10.0 Å². The van der Waals surface area contributed by atoms with Gasteiger partial charge in [0.1, 0.15) is 12.4 Å². The number of halogens is 2. The summed E-state index contributed by atoms with van der Waals surface area (Å²) in [4.78, 5) is 16.4. The Bertz CT molecular complexity index is 573. The van der Waals surface area contributed by atoms with Gasteiger partial charge in [-0.3, -0.25) is 14.6 Å². The van der Waals surface area contributed by atoms with Gasteiger partial charge in [0.05, 0.1) is 11.6 Å². The maximum Gasteiger partial charge on any atom is 0.234 e. The monoisotopic (exact) mass is 371 g/mol. The Labute approximate surface area is 152 Å². The van der Waals surface area contributed by atoms with Crippen molar-refractivity contribution < 1.29 is 9.53 Å². The van der Waals surface area contributed by atoms with E-state index in [1.807, 2.05) is 0 Å². The van der Waals surface area contributed by atoms with Crippen molar-refractivity contribution in [1.29, 1.82) is 0 Å². The number of carbonyl (C=O) groups excluding carboxylic acids is 1. The number of carbonyl (C=O) groups is 1. The molecule has 0 aromatic heterocycles. The van der Waals surface area contributed by atoms with Crippen LogP contribution in [0.4, 0.5) is 0 Å². The number of rotatable bonds is 7. The lowest BCUT2D eigenvalue weighted by Crippen LogP contribution is -2.50. The van der Waals surface area contributed by atoms with Crippen LogP contribution < -0.4 is 10.1 Å². The highest BCUT2D eigenvalue weighted by molar-refractivity contribution is 6.35. The van der Waals surface area contributed by atoms with Crippen molar-refractivity contribution in [3.05, 3.63) is 28.2 Å². The maximum atomic E-state index is 11.8. The predicted molar refractivity (Wildman–Crippen MR) is 96.0 cm³/mol. The van der Waals surface area contributed by atoms with E-state index in [2.05, 4.69) is 15.1 Å². The van der Waals surface area contributed by atoms with Crippen LogP contribution in [-0.4, -0.2) is 67.6 Å². The molecule has 7 heteroatoms. The first-order valence-electron chi connectivity index (χ1n) is 8.42. The standard InChI is InChI=1S/C17H23Cl2N3O2/c18-13-1-4-16(15(19)11-13)24-10-9-21-5-7-22(8-6-21)12-17(23)20-14-2-3-14/h1,4,11,14H,2-3,5-10,12H2,(H,20,23). The van der Waals surface area contributed by atoms with Crippen LogP contribution in [0, 0.1) is 0 Å². The molecule has 1 heterocycles. The highest BCUT2D eigenvalue weighted by atomic mass is 35.5. The van der Waals surface area contributed by atoms with Gasteiger partial charge in [0.15, 0.2) is 0 Å². The summed E-state index contributed by atoms with van der Waals surface area (Å²) >= 11 is 12.0. The van der Waals surface area contributed by atoms with E-state index in [9.17, 15) is 4.79 Å². The van der Waals surface area contributed by atoms with Crippen LogP contribution in [0.15, 0.2) is 18.2 Å². The van der Waals surface area contributed by atoms with Gasteiger partial charge in [0.25, 0.3) is 0 Å². The molecule has 0 atom stereocenters. The summed E-state index contributed by atoms with van der Waals surface area (Å²) in [5.41, 5.74) is 0. The van der Waals surface area contributed by atoms with Crippen LogP contribution in [0.5, 0.6) is 5.75 Å². The van der Waals surface area contributed by atoms with Gasteiger partial charge < -0.3 is 10.1 Å². The van der Waals surface area contributed by atoms with Crippen molar-refractivity contribution in [3.63, 3.8) is 0 Å². The third-order valence-corrected chi connectivity index (χ3v) is 4.86. The Kier molecular flexibility index (Phi) is 6.22. The number of nitrogens with zero attached hydrogens (tertiary/aromatic N) is 2. The van der Waals surface area contributed by atoms with Gasteiger partial charge in [-0.1, -0.05) is 23.2 Å². The van der Waals surface area contributed by atoms with E-state index in [4.69, 9.17) is 27.9 Å². The number of benzene rings is 1. The zero-order valence-electron chi connectivity index (χ0n) is 13.6. The summed E-state index contributed by atoms with van der Waals surface area (Å²) in [5, 5.41) is 4.18. The van der Waals surface area contributed by atoms with E-state index >= 15 is 0 Å². The molecule has 1 aromatic carbocycles. The zero-order valence-corrected chi connectivity index (χ0v) is 15.2. The Morgan fingerprint density at radius 3 is 2.54 bits per heavy atom. The molecule has 1 amide bonds. The molecule has 1 saturated heterocycles. The van der Waals surface area contributed by atoms with E-state index in [0.717, 1.165) is 45.6 Å². The third kappa shape index (κ3) is 5.52. The number of hydrogen-bond acceptors (Lipinski definition) is 4. The Balaban J connectivity index is 1.32. The molecule has 1 aliphatic carbocycles.